The zero-order valence-electron chi connectivity index (χ0n) is 53.9. The number of alkyl halides is 3. The molecule has 5 aromatic carbocycles. The number of halogens is 8. The summed E-state index contributed by atoms with van der Waals surface area (Å²) in [6.07, 6.45) is 12.6. The van der Waals surface area contributed by atoms with Crippen molar-refractivity contribution in [1.82, 2.24) is 57.8 Å². The molecule has 3 N–H and O–H groups in total. The van der Waals surface area contributed by atoms with Crippen LogP contribution in [0.15, 0.2) is 126 Å². The van der Waals surface area contributed by atoms with Crippen LogP contribution in [-0.2, 0) is 62.3 Å². The summed E-state index contributed by atoms with van der Waals surface area (Å²) in [5, 5.41) is 14.1. The first-order chi connectivity index (χ1) is 46.9. The van der Waals surface area contributed by atoms with Gasteiger partial charge in [-0.25, -0.2) is 55.9 Å². The molecule has 0 fully saturated rings. The van der Waals surface area contributed by atoms with Crippen LogP contribution in [0.1, 0.15) is 61.7 Å². The SMILES string of the molecule is Cc1cn2c(NCc3c(F)ccc4c3CCO4)ncc(-c3ccc(CN(C)C)c(F)c3Cl)c2n1.Cc1cn2c(NCc3c(F)ccc4c3CCO4)ncc(-c3ccc(S(=O)(=O)C(F)(F)F)cc3)c2n1.Cc1cn2c(NCc3c(F)ccc4c3CCS4)ncc(-c3cc(C)nn3C)c2n1. The fourth-order valence-corrected chi connectivity index (χ4v) is 14.5. The lowest BCUT2D eigenvalue weighted by Gasteiger charge is -2.15. The fourth-order valence-electron chi connectivity index (χ4n) is 12.3. The smallest absolute Gasteiger partial charge is 0.493 e. The second-order valence-corrected chi connectivity index (χ2v) is 27.4. The van der Waals surface area contributed by atoms with Gasteiger partial charge in [0.25, 0.3) is 9.84 Å². The standard InChI is InChI=1S/C25H24ClF2N5O.C23H18F4N4O3S.C21H21FN6S/c1-14-12-33-24(31-14)19(17-5-4-15(13-32(2)3)23(28)22(17)26)11-30-25(33)29-10-18-16-8-9-34-21(16)7-6-20(18)27;1-13-12-31-21(30-13)17(14-2-4-15(5-3-14)35(32,33)23(25,26)27)10-28-22(31)29-11-18-16-8-9-34-20(16)7-6-19(18)24;1-12-8-18(27(3)26-12)16-10-24-21(28-11-13(2)25-20(16)28)23-9-15-14-6-7-29-19(14)5-4-17(15)22/h4-7,11-12H,8-10,13H2,1-3H3,(H,29,30);2-7,10,12H,8-9,11H2,1H3,(H,28,29);4-5,8,10-11H,6-7,9H2,1-3H3,(H,23,24). The number of ether oxygens (including phenoxy) is 2. The van der Waals surface area contributed by atoms with Crippen LogP contribution in [0.3, 0.4) is 0 Å². The first-order valence-corrected chi connectivity index (χ1v) is 33.8. The number of aryl methyl sites for hydroxylation is 5. The molecule has 0 atom stereocenters. The van der Waals surface area contributed by atoms with Gasteiger partial charge in [-0.15, -0.1) is 11.8 Å². The number of hydrogen-bond donors (Lipinski definition) is 3. The number of anilines is 3. The molecule has 0 amide bonds. The molecular weight excluding hydrogens is 1340 g/mol. The molecule has 7 aromatic heterocycles. The summed E-state index contributed by atoms with van der Waals surface area (Å²) < 4.78 is 139. The second-order valence-electron chi connectivity index (χ2n) is 24.0. The number of fused-ring (bicyclic) bond motifs is 6. The van der Waals surface area contributed by atoms with Crippen LogP contribution in [0.25, 0.3) is 50.5 Å². The van der Waals surface area contributed by atoms with Crippen molar-refractivity contribution in [3.8, 4) is 45.0 Å². The summed E-state index contributed by atoms with van der Waals surface area (Å²) in [6.45, 7) is 9.81. The first kappa shape index (κ1) is 66.8. The summed E-state index contributed by atoms with van der Waals surface area (Å²) >= 11 is 8.24. The molecule has 29 heteroatoms. The van der Waals surface area contributed by atoms with Gasteiger partial charge in [-0.3, -0.25) is 17.9 Å². The molecule has 19 nitrogen and oxygen atoms in total. The van der Waals surface area contributed by atoms with Gasteiger partial charge in [0.05, 0.1) is 57.2 Å². The molecule has 10 heterocycles. The van der Waals surface area contributed by atoms with E-state index in [1.54, 1.807) is 70.2 Å². The molecule has 98 heavy (non-hydrogen) atoms. The van der Waals surface area contributed by atoms with Gasteiger partial charge < -0.3 is 30.3 Å². The predicted octanol–water partition coefficient (Wildman–Crippen LogP) is 14.1. The minimum atomic E-state index is -5.45. The van der Waals surface area contributed by atoms with E-state index in [0.29, 0.717) is 119 Å². The van der Waals surface area contributed by atoms with Crippen LogP contribution in [0.2, 0.25) is 5.02 Å². The largest absolute Gasteiger partial charge is 0.501 e. The van der Waals surface area contributed by atoms with Crippen molar-refractivity contribution in [2.45, 2.75) is 88.4 Å². The van der Waals surface area contributed by atoms with Crippen LogP contribution in [-0.4, -0.2) is 105 Å². The third-order valence-corrected chi connectivity index (χ3v) is 19.9. The molecule has 3 aliphatic rings. The average Bonchev–Trinajstić information content (AvgIpc) is 1.60. The lowest BCUT2D eigenvalue weighted by Crippen LogP contribution is -2.23. The van der Waals surface area contributed by atoms with E-state index in [4.69, 9.17) is 26.1 Å². The molecule has 0 unspecified atom stereocenters. The Bertz CT molecular complexity index is 5210. The number of nitrogens with one attached hydrogen (secondary N) is 3. The van der Waals surface area contributed by atoms with Crippen LogP contribution < -0.4 is 25.4 Å². The van der Waals surface area contributed by atoms with Gasteiger partial charge in [0.1, 0.15) is 46.1 Å². The highest BCUT2D eigenvalue weighted by Gasteiger charge is 2.47. The highest BCUT2D eigenvalue weighted by atomic mass is 35.5. The Hall–Kier alpha value is -9.77. The number of nitrogens with zero attached hydrogens (tertiary/aromatic N) is 12. The van der Waals surface area contributed by atoms with E-state index >= 15 is 0 Å². The zero-order chi connectivity index (χ0) is 69.1. The van der Waals surface area contributed by atoms with Crippen molar-refractivity contribution < 1.29 is 48.6 Å². The summed E-state index contributed by atoms with van der Waals surface area (Å²) in [5.74, 6) is 2.65. The Kier molecular flexibility index (Phi) is 18.4. The van der Waals surface area contributed by atoms with Gasteiger partial charge in [0, 0.05) is 144 Å². The molecule has 0 aliphatic carbocycles. The van der Waals surface area contributed by atoms with Crippen molar-refractivity contribution in [3.63, 3.8) is 0 Å². The maximum atomic E-state index is 15.0. The van der Waals surface area contributed by atoms with Gasteiger partial charge in [-0.2, -0.15) is 18.3 Å². The quantitative estimate of drug-likeness (QED) is 0.0818. The monoisotopic (exact) mass is 1400 g/mol. The normalized spacial score (nSPS) is 13.3. The number of imidazole rings is 3. The predicted molar refractivity (Wildman–Crippen MR) is 361 cm³/mol. The number of rotatable bonds is 15. The minimum absolute atomic E-state index is 0.0336. The third kappa shape index (κ3) is 13.0. The molecule has 12 aromatic rings. The van der Waals surface area contributed by atoms with Crippen LogP contribution in [0, 0.1) is 51.0 Å². The second kappa shape index (κ2) is 26.9. The Morgan fingerprint density at radius 3 is 1.57 bits per heavy atom. The van der Waals surface area contributed by atoms with Crippen LogP contribution in [0.4, 0.5) is 48.6 Å². The first-order valence-electron chi connectivity index (χ1n) is 31.0. The van der Waals surface area contributed by atoms with Gasteiger partial charge in [-0.1, -0.05) is 35.9 Å². The summed E-state index contributed by atoms with van der Waals surface area (Å²) in [7, 11) is 0.209. The van der Waals surface area contributed by atoms with E-state index in [2.05, 4.69) is 46.0 Å². The van der Waals surface area contributed by atoms with Crippen LogP contribution >= 0.6 is 23.4 Å². The highest BCUT2D eigenvalue weighted by molar-refractivity contribution is 7.99. The van der Waals surface area contributed by atoms with E-state index in [1.165, 1.54) is 35.4 Å². The molecule has 15 rings (SSSR count). The van der Waals surface area contributed by atoms with Crippen molar-refractivity contribution in [3.05, 3.63) is 206 Å². The molecule has 0 spiro atoms. The Labute approximate surface area is 567 Å². The van der Waals surface area contributed by atoms with Gasteiger partial charge in [-0.05, 0) is 114 Å². The summed E-state index contributed by atoms with van der Waals surface area (Å²) in [6, 6.07) is 19.4. The fraction of sp³-hybridized carbons (Fsp3) is 0.261. The lowest BCUT2D eigenvalue weighted by atomic mass is 10.0. The summed E-state index contributed by atoms with van der Waals surface area (Å²) in [4.78, 5) is 29.6. The molecule has 3 aliphatic heterocycles. The van der Waals surface area contributed by atoms with E-state index in [-0.39, 0.29) is 35.6 Å². The van der Waals surface area contributed by atoms with Crippen molar-refractivity contribution >= 4 is 68.0 Å². The number of thioether (sulfide) groups is 1. The Morgan fingerprint density at radius 2 is 1.07 bits per heavy atom. The van der Waals surface area contributed by atoms with Gasteiger partial charge in [0.15, 0.2) is 5.65 Å². The van der Waals surface area contributed by atoms with Crippen molar-refractivity contribution in [1.29, 1.82) is 0 Å². The highest BCUT2D eigenvalue weighted by Crippen LogP contribution is 2.39. The molecule has 506 valence electrons. The van der Waals surface area contributed by atoms with Crippen LogP contribution in [0.5, 0.6) is 11.5 Å². The van der Waals surface area contributed by atoms with Crippen molar-refractivity contribution in [2.24, 2.45) is 7.05 Å². The number of sulfone groups is 1. The zero-order valence-corrected chi connectivity index (χ0v) is 56.3. The Balaban J connectivity index is 0.000000133. The summed E-state index contributed by atoms with van der Waals surface area (Å²) in [5.41, 5.74) is 8.70. The maximum absolute atomic E-state index is 15.0. The van der Waals surface area contributed by atoms with Gasteiger partial charge >= 0.3 is 5.51 Å². The third-order valence-electron chi connectivity index (χ3n) is 16.9. The average molecular weight is 1400 g/mol. The minimum Gasteiger partial charge on any atom is -0.493 e. The number of aromatic nitrogens is 11. The van der Waals surface area contributed by atoms with E-state index in [1.807, 2.05) is 86.6 Å². The molecule has 0 bridgehead atoms. The molecule has 0 saturated heterocycles. The maximum Gasteiger partial charge on any atom is 0.501 e. The number of hydrogen-bond acceptors (Lipinski definition) is 16. The molecular formula is C69H63ClF7N15O4S2. The number of benzene rings is 5. The van der Waals surface area contributed by atoms with E-state index in [9.17, 15) is 39.2 Å². The molecule has 0 radical (unpaired) electrons. The Morgan fingerprint density at radius 1 is 0.592 bits per heavy atom. The lowest BCUT2D eigenvalue weighted by molar-refractivity contribution is -0.0436. The van der Waals surface area contributed by atoms with E-state index in [0.717, 1.165) is 86.3 Å². The van der Waals surface area contributed by atoms with Gasteiger partial charge in [0.2, 0.25) is 17.8 Å². The topological polar surface area (TPSA) is 200 Å². The molecule has 0 saturated carbocycles. The van der Waals surface area contributed by atoms with E-state index < -0.39 is 26.1 Å². The van der Waals surface area contributed by atoms with Crippen molar-refractivity contribution in [2.75, 3.05) is 49.0 Å².